The summed E-state index contributed by atoms with van der Waals surface area (Å²) >= 11 is 2.94. The number of fused-ring (bicyclic) bond motifs is 3. The molecule has 0 amide bonds. The van der Waals surface area contributed by atoms with Gasteiger partial charge in [0.2, 0.25) is 0 Å². The van der Waals surface area contributed by atoms with Crippen LogP contribution in [0.1, 0.15) is 10.5 Å². The second kappa shape index (κ2) is 5.43. The Morgan fingerprint density at radius 1 is 1.18 bits per heavy atom. The Bertz CT molecular complexity index is 986. The fourth-order valence-corrected chi connectivity index (χ4v) is 3.86. The first-order valence-corrected chi connectivity index (χ1v) is 8.12. The highest BCUT2D eigenvalue weighted by Crippen LogP contribution is 2.35. The summed E-state index contributed by atoms with van der Waals surface area (Å²) in [6.07, 6.45) is 2.49. The van der Waals surface area contributed by atoms with E-state index in [9.17, 15) is 4.79 Å². The molecule has 0 unspecified atom stereocenters. The molecule has 0 atom stereocenters. The van der Waals surface area contributed by atoms with Gasteiger partial charge < -0.3 is 0 Å². The molecule has 0 aliphatic heterocycles. The summed E-state index contributed by atoms with van der Waals surface area (Å²) in [4.78, 5) is 21.0. The molecule has 0 saturated carbocycles. The maximum atomic E-state index is 11.2. The monoisotopic (exact) mass is 324 g/mol. The topological polar surface area (TPSA) is 68.6 Å². The third-order valence-corrected chi connectivity index (χ3v) is 5.03. The van der Waals surface area contributed by atoms with Crippen molar-refractivity contribution in [3.63, 3.8) is 0 Å². The summed E-state index contributed by atoms with van der Waals surface area (Å²) in [6.45, 7) is 0. The molecular formula is C15H8N4OS2. The number of hydrogen-bond donors (Lipinski definition) is 0. The summed E-state index contributed by atoms with van der Waals surface area (Å²) < 4.78 is 0.825. The number of carbonyl (C=O) groups excluding carboxylic acids is 1. The van der Waals surface area contributed by atoms with E-state index in [4.69, 9.17) is 0 Å². The molecule has 0 radical (unpaired) electrons. The molecule has 22 heavy (non-hydrogen) atoms. The molecule has 7 heteroatoms. The third-order valence-electron chi connectivity index (χ3n) is 3.19. The molecule has 106 valence electrons. The van der Waals surface area contributed by atoms with Gasteiger partial charge in [-0.25, -0.2) is 4.98 Å². The Kier molecular flexibility index (Phi) is 3.28. The predicted molar refractivity (Wildman–Crippen MR) is 86.5 cm³/mol. The van der Waals surface area contributed by atoms with Crippen LogP contribution in [0.15, 0.2) is 51.3 Å². The summed E-state index contributed by atoms with van der Waals surface area (Å²) in [5, 5.41) is 9.84. The molecule has 4 rings (SSSR count). The summed E-state index contributed by atoms with van der Waals surface area (Å²) in [5.41, 5.74) is 3.60. The first-order valence-electron chi connectivity index (χ1n) is 6.43. The maximum absolute atomic E-state index is 11.2. The quantitative estimate of drug-likeness (QED) is 0.424. The molecule has 0 aliphatic carbocycles. The average molecular weight is 324 g/mol. The highest BCUT2D eigenvalue weighted by atomic mass is 32.2. The summed E-state index contributed by atoms with van der Waals surface area (Å²) in [5.74, 6) is 0. The van der Waals surface area contributed by atoms with Crippen molar-refractivity contribution in [3.8, 4) is 0 Å². The van der Waals surface area contributed by atoms with Crippen molar-refractivity contribution < 1.29 is 4.79 Å². The Morgan fingerprint density at radius 2 is 2.14 bits per heavy atom. The average Bonchev–Trinajstić information content (AvgIpc) is 3.07. The lowest BCUT2D eigenvalue weighted by Crippen LogP contribution is -1.93. The van der Waals surface area contributed by atoms with Gasteiger partial charge in [0.15, 0.2) is 10.6 Å². The van der Waals surface area contributed by atoms with Gasteiger partial charge in [-0.05, 0) is 12.1 Å². The second-order valence-corrected chi connectivity index (χ2v) is 6.63. The number of aldehydes is 1. The Labute approximate surface area is 133 Å². The van der Waals surface area contributed by atoms with E-state index in [1.165, 1.54) is 23.1 Å². The zero-order chi connectivity index (χ0) is 14.9. The number of aromatic nitrogens is 4. The van der Waals surface area contributed by atoms with E-state index >= 15 is 0 Å². The van der Waals surface area contributed by atoms with Crippen molar-refractivity contribution in [1.82, 2.24) is 20.2 Å². The van der Waals surface area contributed by atoms with Gasteiger partial charge in [0, 0.05) is 21.9 Å². The molecule has 3 heterocycles. The van der Waals surface area contributed by atoms with Gasteiger partial charge in [0.1, 0.15) is 11.2 Å². The van der Waals surface area contributed by atoms with Crippen molar-refractivity contribution in [2.24, 2.45) is 0 Å². The highest BCUT2D eigenvalue weighted by molar-refractivity contribution is 8.01. The normalized spacial score (nSPS) is 11.1. The fraction of sp³-hybridized carbons (Fsp3) is 0. The summed E-state index contributed by atoms with van der Waals surface area (Å²) in [6, 6.07) is 9.65. The van der Waals surface area contributed by atoms with Crippen LogP contribution < -0.4 is 0 Å². The van der Waals surface area contributed by atoms with Crippen LogP contribution in [0.4, 0.5) is 0 Å². The number of benzene rings is 1. The van der Waals surface area contributed by atoms with Crippen LogP contribution >= 0.6 is 23.1 Å². The van der Waals surface area contributed by atoms with Crippen LogP contribution in [-0.2, 0) is 0 Å². The van der Waals surface area contributed by atoms with E-state index in [1.807, 2.05) is 24.3 Å². The molecule has 0 saturated heterocycles. The number of rotatable bonds is 3. The van der Waals surface area contributed by atoms with Gasteiger partial charge in [0.25, 0.3) is 0 Å². The zero-order valence-electron chi connectivity index (χ0n) is 11.1. The molecule has 3 aromatic heterocycles. The van der Waals surface area contributed by atoms with Crippen LogP contribution in [0.3, 0.4) is 0 Å². The van der Waals surface area contributed by atoms with E-state index in [0.717, 1.165) is 37.3 Å². The lowest BCUT2D eigenvalue weighted by Gasteiger charge is -2.07. The van der Waals surface area contributed by atoms with Crippen molar-refractivity contribution >= 4 is 51.2 Å². The highest BCUT2D eigenvalue weighted by Gasteiger charge is 2.12. The van der Waals surface area contributed by atoms with Crippen LogP contribution in [0.5, 0.6) is 0 Å². The van der Waals surface area contributed by atoms with E-state index in [1.54, 1.807) is 17.8 Å². The Balaban J connectivity index is 2.02. The molecule has 0 fully saturated rings. The lowest BCUT2D eigenvalue weighted by molar-refractivity contribution is 0.111. The molecule has 0 bridgehead atoms. The van der Waals surface area contributed by atoms with Gasteiger partial charge >= 0.3 is 0 Å². The number of pyridine rings is 2. The van der Waals surface area contributed by atoms with E-state index in [0.29, 0.717) is 5.69 Å². The Morgan fingerprint density at radius 3 is 2.95 bits per heavy atom. The molecule has 0 aliphatic rings. The first kappa shape index (κ1) is 13.3. The van der Waals surface area contributed by atoms with E-state index in [2.05, 4.69) is 20.2 Å². The van der Waals surface area contributed by atoms with Gasteiger partial charge in [0.05, 0.1) is 11.0 Å². The number of nitrogens with zero attached hydrogens (tertiary/aromatic N) is 4. The van der Waals surface area contributed by atoms with Crippen molar-refractivity contribution in [2.75, 3.05) is 0 Å². The lowest BCUT2D eigenvalue weighted by atomic mass is 10.1. The van der Waals surface area contributed by atoms with Crippen molar-refractivity contribution in [3.05, 3.63) is 47.7 Å². The largest absolute Gasteiger partial charge is 0.296 e. The fourth-order valence-electron chi connectivity index (χ4n) is 2.26. The molecule has 0 spiro atoms. The van der Waals surface area contributed by atoms with E-state index in [-0.39, 0.29) is 0 Å². The van der Waals surface area contributed by atoms with E-state index < -0.39 is 0 Å². The molecule has 0 N–H and O–H groups in total. The summed E-state index contributed by atoms with van der Waals surface area (Å²) in [7, 11) is 0. The molecule has 1 aromatic carbocycles. The van der Waals surface area contributed by atoms with Crippen molar-refractivity contribution in [2.45, 2.75) is 9.24 Å². The minimum absolute atomic E-state index is 0.387. The predicted octanol–water partition coefficient (Wildman–Crippen LogP) is 3.60. The molecular weight excluding hydrogens is 316 g/mol. The standard InChI is InChI=1S/C15H8N4OS2/c20-7-10-6-12(22-15-19-17-8-21-15)11-4-3-9-2-1-5-16-13(9)14(11)18-10/h1-8H. The minimum atomic E-state index is 0.387. The van der Waals surface area contributed by atoms with Crippen LogP contribution in [-0.4, -0.2) is 26.5 Å². The van der Waals surface area contributed by atoms with Crippen LogP contribution in [0.2, 0.25) is 0 Å². The van der Waals surface area contributed by atoms with Gasteiger partial charge in [-0.3, -0.25) is 9.78 Å². The van der Waals surface area contributed by atoms with Gasteiger partial charge in [-0.2, -0.15) is 0 Å². The SMILES string of the molecule is O=Cc1cc(Sc2nncs2)c2ccc3cccnc3c2n1. The van der Waals surface area contributed by atoms with Crippen molar-refractivity contribution in [1.29, 1.82) is 0 Å². The van der Waals surface area contributed by atoms with Crippen LogP contribution in [0, 0.1) is 0 Å². The zero-order valence-corrected chi connectivity index (χ0v) is 12.8. The second-order valence-electron chi connectivity index (χ2n) is 4.51. The van der Waals surface area contributed by atoms with Gasteiger partial charge in [-0.15, -0.1) is 10.2 Å². The Hall–Kier alpha value is -2.38. The molecule has 4 aromatic rings. The number of hydrogen-bond acceptors (Lipinski definition) is 7. The molecule has 5 nitrogen and oxygen atoms in total. The van der Waals surface area contributed by atoms with Crippen LogP contribution in [0.25, 0.3) is 21.8 Å². The minimum Gasteiger partial charge on any atom is -0.296 e. The van der Waals surface area contributed by atoms with Gasteiger partial charge in [-0.1, -0.05) is 41.3 Å². The first-order chi connectivity index (χ1) is 10.8. The third kappa shape index (κ3) is 2.24. The maximum Gasteiger partial charge on any atom is 0.178 e. The number of carbonyl (C=O) groups is 1. The smallest absolute Gasteiger partial charge is 0.178 e.